The van der Waals surface area contributed by atoms with Crippen molar-refractivity contribution >= 4 is 23.4 Å². The van der Waals surface area contributed by atoms with Crippen molar-refractivity contribution in [3.05, 3.63) is 28.8 Å². The monoisotopic (exact) mass is 312 g/mol. The highest BCUT2D eigenvalue weighted by atomic mass is 35.5. The molecule has 1 aromatic rings. The van der Waals surface area contributed by atoms with Crippen LogP contribution in [0.25, 0.3) is 0 Å². The van der Waals surface area contributed by atoms with Crippen LogP contribution in [0.15, 0.2) is 23.1 Å². The van der Waals surface area contributed by atoms with Crippen LogP contribution < -0.4 is 5.32 Å². The Morgan fingerprint density at radius 2 is 2.05 bits per heavy atom. The first-order valence-corrected chi connectivity index (χ1v) is 8.96. The van der Waals surface area contributed by atoms with Crippen LogP contribution in [0.3, 0.4) is 0 Å². The van der Waals surface area contributed by atoms with Crippen LogP contribution in [-0.4, -0.2) is 36.3 Å². The third-order valence-electron chi connectivity index (χ3n) is 3.75. The van der Waals surface area contributed by atoms with Crippen molar-refractivity contribution in [2.75, 3.05) is 25.4 Å². The van der Waals surface area contributed by atoms with Gasteiger partial charge in [0.1, 0.15) is 0 Å². The minimum Gasteiger partial charge on any atom is -0.310 e. The van der Waals surface area contributed by atoms with E-state index in [0.29, 0.717) is 0 Å². The second-order valence-corrected chi connectivity index (χ2v) is 6.86. The molecule has 1 aliphatic carbocycles. The summed E-state index contributed by atoms with van der Waals surface area (Å²) >= 11 is 8.26. The zero-order valence-corrected chi connectivity index (χ0v) is 14.1. The van der Waals surface area contributed by atoms with Gasteiger partial charge in [0.05, 0.1) is 0 Å². The quantitative estimate of drug-likeness (QED) is 0.693. The van der Waals surface area contributed by atoms with E-state index in [1.807, 2.05) is 11.8 Å². The lowest BCUT2D eigenvalue weighted by molar-refractivity contribution is 0.324. The fourth-order valence-corrected chi connectivity index (χ4v) is 3.40. The summed E-state index contributed by atoms with van der Waals surface area (Å²) in [5, 5.41) is 4.40. The third kappa shape index (κ3) is 5.28. The van der Waals surface area contributed by atoms with Gasteiger partial charge in [-0.1, -0.05) is 31.5 Å². The first-order chi connectivity index (χ1) is 9.72. The van der Waals surface area contributed by atoms with Crippen molar-refractivity contribution in [3.63, 3.8) is 0 Å². The first-order valence-electron chi connectivity index (χ1n) is 7.59. The SMILES string of the molecule is CCN(CC)CCSc1ccc(CNC2CC2)c(Cl)c1. The van der Waals surface area contributed by atoms with Crippen molar-refractivity contribution in [3.8, 4) is 0 Å². The maximum atomic E-state index is 6.37. The predicted molar refractivity (Wildman–Crippen MR) is 89.8 cm³/mol. The predicted octanol–water partition coefficient (Wildman–Crippen LogP) is 4.03. The molecule has 0 atom stereocenters. The highest BCUT2D eigenvalue weighted by Gasteiger charge is 2.20. The molecule has 0 aromatic heterocycles. The number of rotatable bonds is 9. The minimum absolute atomic E-state index is 0.731. The lowest BCUT2D eigenvalue weighted by atomic mass is 10.2. The number of nitrogens with one attached hydrogen (secondary N) is 1. The normalized spacial score (nSPS) is 15.0. The highest BCUT2D eigenvalue weighted by Crippen LogP contribution is 2.26. The van der Waals surface area contributed by atoms with E-state index >= 15 is 0 Å². The van der Waals surface area contributed by atoms with Gasteiger partial charge in [-0.25, -0.2) is 0 Å². The van der Waals surface area contributed by atoms with E-state index in [9.17, 15) is 0 Å². The smallest absolute Gasteiger partial charge is 0.0462 e. The fourth-order valence-electron chi connectivity index (χ4n) is 2.14. The summed E-state index contributed by atoms with van der Waals surface area (Å²) < 4.78 is 0. The van der Waals surface area contributed by atoms with Crippen LogP contribution in [0.1, 0.15) is 32.3 Å². The maximum Gasteiger partial charge on any atom is 0.0462 e. The van der Waals surface area contributed by atoms with Gasteiger partial charge in [0.25, 0.3) is 0 Å². The lowest BCUT2D eigenvalue weighted by Gasteiger charge is -2.17. The average molecular weight is 313 g/mol. The van der Waals surface area contributed by atoms with Crippen LogP contribution >= 0.6 is 23.4 Å². The summed E-state index contributed by atoms with van der Waals surface area (Å²) in [6.07, 6.45) is 2.63. The average Bonchev–Trinajstić information content (AvgIpc) is 3.27. The Morgan fingerprint density at radius 1 is 1.30 bits per heavy atom. The summed E-state index contributed by atoms with van der Waals surface area (Å²) in [7, 11) is 0. The molecule has 1 aliphatic rings. The second-order valence-electron chi connectivity index (χ2n) is 5.28. The van der Waals surface area contributed by atoms with Gasteiger partial charge in [-0.05, 0) is 43.6 Å². The van der Waals surface area contributed by atoms with Crippen LogP contribution in [0.2, 0.25) is 5.02 Å². The van der Waals surface area contributed by atoms with Gasteiger partial charge in [0.15, 0.2) is 0 Å². The van der Waals surface area contributed by atoms with Gasteiger partial charge in [0, 0.05) is 34.8 Å². The van der Waals surface area contributed by atoms with Crippen LogP contribution in [0.5, 0.6) is 0 Å². The van der Waals surface area contributed by atoms with Crippen LogP contribution in [-0.2, 0) is 6.54 Å². The fraction of sp³-hybridized carbons (Fsp3) is 0.625. The number of hydrogen-bond donors (Lipinski definition) is 1. The topological polar surface area (TPSA) is 15.3 Å². The van der Waals surface area contributed by atoms with Crippen LogP contribution in [0, 0.1) is 0 Å². The molecular formula is C16H25ClN2S. The summed E-state index contributed by atoms with van der Waals surface area (Å²) in [5.74, 6) is 1.12. The molecule has 0 amide bonds. The Morgan fingerprint density at radius 3 is 2.65 bits per heavy atom. The minimum atomic E-state index is 0.731. The lowest BCUT2D eigenvalue weighted by Crippen LogP contribution is -2.25. The van der Waals surface area contributed by atoms with E-state index in [1.54, 1.807) is 0 Å². The Kier molecular flexibility index (Phi) is 6.69. The van der Waals surface area contributed by atoms with E-state index < -0.39 is 0 Å². The van der Waals surface area contributed by atoms with Crippen molar-refractivity contribution in [1.82, 2.24) is 10.2 Å². The highest BCUT2D eigenvalue weighted by molar-refractivity contribution is 7.99. The van der Waals surface area contributed by atoms with E-state index in [0.717, 1.165) is 43.0 Å². The standard InChI is InChI=1S/C16H25ClN2S/c1-3-19(4-2)9-10-20-15-8-5-13(16(17)11-15)12-18-14-6-7-14/h5,8,11,14,18H,3-4,6-7,9-10,12H2,1-2H3. The molecule has 2 nitrogen and oxygen atoms in total. The van der Waals surface area contributed by atoms with Crippen molar-refractivity contribution in [2.24, 2.45) is 0 Å². The Balaban J connectivity index is 1.78. The van der Waals surface area contributed by atoms with Crippen molar-refractivity contribution in [1.29, 1.82) is 0 Å². The van der Waals surface area contributed by atoms with Gasteiger partial charge in [-0.2, -0.15) is 0 Å². The summed E-state index contributed by atoms with van der Waals surface area (Å²) in [4.78, 5) is 3.72. The Hall–Kier alpha value is -0.220. The zero-order valence-electron chi connectivity index (χ0n) is 12.5. The number of hydrogen-bond acceptors (Lipinski definition) is 3. The molecule has 20 heavy (non-hydrogen) atoms. The Bertz CT molecular complexity index is 417. The van der Waals surface area contributed by atoms with E-state index in [2.05, 4.69) is 42.3 Å². The maximum absolute atomic E-state index is 6.37. The van der Waals surface area contributed by atoms with Gasteiger partial charge in [-0.3, -0.25) is 0 Å². The molecule has 0 saturated heterocycles. The molecular weight excluding hydrogens is 288 g/mol. The summed E-state index contributed by atoms with van der Waals surface area (Å²) in [6, 6.07) is 7.20. The number of benzene rings is 1. The molecule has 1 aromatic carbocycles. The summed E-state index contributed by atoms with van der Waals surface area (Å²) in [6.45, 7) is 8.72. The van der Waals surface area contributed by atoms with E-state index in [1.165, 1.54) is 23.3 Å². The molecule has 2 rings (SSSR count). The molecule has 0 aliphatic heterocycles. The zero-order chi connectivity index (χ0) is 14.4. The molecule has 0 heterocycles. The van der Waals surface area contributed by atoms with Gasteiger partial charge >= 0.3 is 0 Å². The van der Waals surface area contributed by atoms with Gasteiger partial charge < -0.3 is 10.2 Å². The second kappa shape index (κ2) is 8.28. The number of halogens is 1. The summed E-state index contributed by atoms with van der Waals surface area (Å²) in [5.41, 5.74) is 1.21. The number of nitrogens with zero attached hydrogens (tertiary/aromatic N) is 1. The van der Waals surface area contributed by atoms with Gasteiger partial charge in [0.2, 0.25) is 0 Å². The Labute approximate surface area is 132 Å². The molecule has 1 saturated carbocycles. The number of thioether (sulfide) groups is 1. The molecule has 0 spiro atoms. The molecule has 0 radical (unpaired) electrons. The molecule has 0 bridgehead atoms. The van der Waals surface area contributed by atoms with E-state index in [-0.39, 0.29) is 0 Å². The van der Waals surface area contributed by atoms with Gasteiger partial charge in [-0.15, -0.1) is 11.8 Å². The molecule has 112 valence electrons. The van der Waals surface area contributed by atoms with E-state index in [4.69, 9.17) is 11.6 Å². The van der Waals surface area contributed by atoms with Crippen molar-refractivity contribution in [2.45, 2.75) is 44.2 Å². The molecule has 4 heteroatoms. The van der Waals surface area contributed by atoms with Crippen LogP contribution in [0.4, 0.5) is 0 Å². The van der Waals surface area contributed by atoms with Crippen molar-refractivity contribution < 1.29 is 0 Å². The first kappa shape index (κ1) is 16.2. The molecule has 1 fully saturated rings. The molecule has 0 unspecified atom stereocenters. The molecule has 1 N–H and O–H groups in total. The third-order valence-corrected chi connectivity index (χ3v) is 5.08. The largest absolute Gasteiger partial charge is 0.310 e.